The molecule has 0 saturated carbocycles. The van der Waals surface area contributed by atoms with Crippen LogP contribution in [0, 0.1) is 5.92 Å². The molecule has 0 radical (unpaired) electrons. The zero-order valence-corrected chi connectivity index (χ0v) is 12.3. The lowest BCUT2D eigenvalue weighted by molar-refractivity contribution is -0.139. The fourth-order valence-corrected chi connectivity index (χ4v) is 3.99. The summed E-state index contributed by atoms with van der Waals surface area (Å²) in [4.78, 5) is -0.719. The average Bonchev–Trinajstić information content (AvgIpc) is 2.40. The summed E-state index contributed by atoms with van der Waals surface area (Å²) >= 11 is 0. The first-order chi connectivity index (χ1) is 9.72. The summed E-state index contributed by atoms with van der Waals surface area (Å²) in [6.45, 7) is 3.13. The molecule has 1 aromatic carbocycles. The Balaban J connectivity index is 2.32. The van der Waals surface area contributed by atoms with Crippen LogP contribution in [0.5, 0.6) is 0 Å². The molecule has 8 heteroatoms. The van der Waals surface area contributed by atoms with E-state index in [0.29, 0.717) is 19.5 Å². The van der Waals surface area contributed by atoms with Gasteiger partial charge in [-0.3, -0.25) is 0 Å². The molecule has 1 heterocycles. The second-order valence-electron chi connectivity index (χ2n) is 5.19. The minimum absolute atomic E-state index is 0.0200. The van der Waals surface area contributed by atoms with E-state index in [1.807, 2.05) is 6.92 Å². The van der Waals surface area contributed by atoms with E-state index in [4.69, 9.17) is 0 Å². The predicted octanol–water partition coefficient (Wildman–Crippen LogP) is 1.98. The molecule has 1 aromatic rings. The molecular weight excluding hydrogens is 305 g/mol. The van der Waals surface area contributed by atoms with Gasteiger partial charge in [-0.05, 0) is 37.6 Å². The molecule has 2 N–H and O–H groups in total. The lowest BCUT2D eigenvalue weighted by Gasteiger charge is -2.30. The molecular formula is C13H17F3N2O2S. The molecule has 0 amide bonds. The molecule has 2 rings (SSSR count). The third kappa shape index (κ3) is 3.75. The van der Waals surface area contributed by atoms with Crippen molar-refractivity contribution < 1.29 is 21.6 Å². The van der Waals surface area contributed by atoms with Crippen LogP contribution >= 0.6 is 0 Å². The Morgan fingerprint density at radius 3 is 2.57 bits per heavy atom. The number of hydrogen-bond acceptors (Lipinski definition) is 3. The van der Waals surface area contributed by atoms with Gasteiger partial charge in [-0.1, -0.05) is 19.1 Å². The first kappa shape index (κ1) is 16.3. The van der Waals surface area contributed by atoms with E-state index in [9.17, 15) is 21.6 Å². The van der Waals surface area contributed by atoms with E-state index >= 15 is 0 Å². The standard InChI is InChI=1S/C13H17F3N2O2S/c1-9-8-17-7-6-11(9)18-21(19,20)12-5-3-2-4-10(12)13(14,15)16/h2-5,9,11,17-18H,6-8H2,1H3/t9-,11-/m0/s1. The first-order valence-corrected chi connectivity index (χ1v) is 8.09. The molecule has 21 heavy (non-hydrogen) atoms. The van der Waals surface area contributed by atoms with Gasteiger partial charge in [-0.15, -0.1) is 0 Å². The number of alkyl halides is 3. The summed E-state index contributed by atoms with van der Waals surface area (Å²) in [6, 6.07) is 3.86. The van der Waals surface area contributed by atoms with Crippen molar-refractivity contribution in [3.05, 3.63) is 29.8 Å². The smallest absolute Gasteiger partial charge is 0.316 e. The third-order valence-corrected chi connectivity index (χ3v) is 5.12. The topological polar surface area (TPSA) is 58.2 Å². The lowest BCUT2D eigenvalue weighted by Crippen LogP contribution is -2.48. The number of hydrogen-bond donors (Lipinski definition) is 2. The highest BCUT2D eigenvalue weighted by molar-refractivity contribution is 7.89. The van der Waals surface area contributed by atoms with Gasteiger partial charge in [0.25, 0.3) is 0 Å². The van der Waals surface area contributed by atoms with Crippen LogP contribution < -0.4 is 10.0 Å². The molecule has 1 aliphatic heterocycles. The maximum absolute atomic E-state index is 12.9. The van der Waals surface area contributed by atoms with Gasteiger partial charge < -0.3 is 5.32 Å². The van der Waals surface area contributed by atoms with Crippen LogP contribution in [0.3, 0.4) is 0 Å². The minimum Gasteiger partial charge on any atom is -0.316 e. The number of nitrogens with one attached hydrogen (secondary N) is 2. The normalized spacial score (nSPS) is 24.0. The van der Waals surface area contributed by atoms with Crippen molar-refractivity contribution in [2.75, 3.05) is 13.1 Å². The fraction of sp³-hybridized carbons (Fsp3) is 0.538. The van der Waals surface area contributed by atoms with Crippen LogP contribution in [0.25, 0.3) is 0 Å². The van der Waals surface area contributed by atoms with Crippen LogP contribution in [-0.4, -0.2) is 27.5 Å². The maximum atomic E-state index is 12.9. The van der Waals surface area contributed by atoms with Crippen molar-refractivity contribution >= 4 is 10.0 Å². The molecule has 1 saturated heterocycles. The van der Waals surface area contributed by atoms with Crippen LogP contribution in [-0.2, 0) is 16.2 Å². The van der Waals surface area contributed by atoms with E-state index in [0.717, 1.165) is 12.1 Å². The van der Waals surface area contributed by atoms with Gasteiger partial charge >= 0.3 is 6.18 Å². The molecule has 0 aliphatic carbocycles. The van der Waals surface area contributed by atoms with Crippen LogP contribution in [0.15, 0.2) is 29.2 Å². The quantitative estimate of drug-likeness (QED) is 0.895. The van der Waals surface area contributed by atoms with Crippen molar-refractivity contribution in [3.63, 3.8) is 0 Å². The van der Waals surface area contributed by atoms with Crippen molar-refractivity contribution in [1.29, 1.82) is 0 Å². The highest BCUT2D eigenvalue weighted by Gasteiger charge is 2.38. The number of sulfonamides is 1. The SMILES string of the molecule is C[C@H]1CNCC[C@@H]1NS(=O)(=O)c1ccccc1C(F)(F)F. The Kier molecular flexibility index (Phi) is 4.60. The average molecular weight is 322 g/mol. The molecule has 0 bridgehead atoms. The fourth-order valence-electron chi connectivity index (χ4n) is 2.39. The molecule has 118 valence electrons. The highest BCUT2D eigenvalue weighted by Crippen LogP contribution is 2.34. The van der Waals surface area contributed by atoms with Crippen LogP contribution in [0.2, 0.25) is 0 Å². The van der Waals surface area contributed by atoms with Gasteiger partial charge in [-0.2, -0.15) is 13.2 Å². The van der Waals surface area contributed by atoms with E-state index in [1.54, 1.807) is 0 Å². The second-order valence-corrected chi connectivity index (χ2v) is 6.87. The number of rotatable bonds is 3. The molecule has 2 atom stereocenters. The van der Waals surface area contributed by atoms with E-state index in [-0.39, 0.29) is 12.0 Å². The summed E-state index contributed by atoms with van der Waals surface area (Å²) in [7, 11) is -4.20. The van der Waals surface area contributed by atoms with E-state index in [1.165, 1.54) is 12.1 Å². The predicted molar refractivity (Wildman–Crippen MR) is 72.2 cm³/mol. The van der Waals surface area contributed by atoms with Gasteiger partial charge in [0, 0.05) is 6.04 Å². The molecule has 4 nitrogen and oxygen atoms in total. The van der Waals surface area contributed by atoms with Crippen molar-refractivity contribution in [2.45, 2.75) is 30.5 Å². The van der Waals surface area contributed by atoms with Gasteiger partial charge in [0.2, 0.25) is 10.0 Å². The Hall–Kier alpha value is -1.12. The number of piperidine rings is 1. The van der Waals surface area contributed by atoms with Crippen molar-refractivity contribution in [2.24, 2.45) is 5.92 Å². The lowest BCUT2D eigenvalue weighted by atomic mass is 9.97. The molecule has 1 fully saturated rings. The van der Waals surface area contributed by atoms with Crippen LogP contribution in [0.4, 0.5) is 13.2 Å². The zero-order chi connectivity index (χ0) is 15.7. The zero-order valence-electron chi connectivity index (χ0n) is 11.4. The summed E-state index contributed by atoms with van der Waals surface area (Å²) in [5.41, 5.74) is -1.14. The third-order valence-electron chi connectivity index (χ3n) is 3.57. The van der Waals surface area contributed by atoms with Gasteiger partial charge in [-0.25, -0.2) is 13.1 Å². The van der Waals surface area contributed by atoms with Gasteiger partial charge in [0.05, 0.1) is 10.5 Å². The maximum Gasteiger partial charge on any atom is 0.417 e. The molecule has 0 unspecified atom stereocenters. The van der Waals surface area contributed by atoms with Crippen LogP contribution in [0.1, 0.15) is 18.9 Å². The van der Waals surface area contributed by atoms with Gasteiger partial charge in [0.1, 0.15) is 0 Å². The Bertz CT molecular complexity index is 602. The first-order valence-electron chi connectivity index (χ1n) is 6.61. The Morgan fingerprint density at radius 1 is 1.29 bits per heavy atom. The minimum atomic E-state index is -4.70. The number of halogens is 3. The second kappa shape index (κ2) is 5.94. The molecule has 1 aliphatic rings. The summed E-state index contributed by atoms with van der Waals surface area (Å²) in [5.74, 6) is 0.0200. The van der Waals surface area contributed by atoms with E-state index < -0.39 is 26.7 Å². The van der Waals surface area contributed by atoms with E-state index in [2.05, 4.69) is 10.0 Å². The molecule has 0 aromatic heterocycles. The number of benzene rings is 1. The summed E-state index contributed by atoms with van der Waals surface area (Å²) < 4.78 is 65.8. The monoisotopic (exact) mass is 322 g/mol. The largest absolute Gasteiger partial charge is 0.417 e. The summed E-state index contributed by atoms with van der Waals surface area (Å²) in [5, 5.41) is 3.11. The Morgan fingerprint density at radius 2 is 1.95 bits per heavy atom. The van der Waals surface area contributed by atoms with Crippen molar-refractivity contribution in [1.82, 2.24) is 10.0 Å². The highest BCUT2D eigenvalue weighted by atomic mass is 32.2. The van der Waals surface area contributed by atoms with Gasteiger partial charge in [0.15, 0.2) is 0 Å². The summed E-state index contributed by atoms with van der Waals surface area (Å²) in [6.07, 6.45) is -4.15. The molecule has 0 spiro atoms. The Labute approximate surface area is 121 Å². The van der Waals surface area contributed by atoms with Crippen molar-refractivity contribution in [3.8, 4) is 0 Å².